The van der Waals surface area contributed by atoms with E-state index in [1.165, 1.54) is 20.2 Å². The summed E-state index contributed by atoms with van der Waals surface area (Å²) in [6.45, 7) is 2.62. The molecule has 2 nitrogen and oxygen atoms in total. The van der Waals surface area contributed by atoms with Crippen molar-refractivity contribution in [2.24, 2.45) is 0 Å². The van der Waals surface area contributed by atoms with Crippen LogP contribution < -0.4 is 5.46 Å². The first-order valence-electron chi connectivity index (χ1n) is 5.77. The van der Waals surface area contributed by atoms with Gasteiger partial charge in [0.25, 0.3) is 0 Å². The predicted molar refractivity (Wildman–Crippen MR) is 78.7 cm³/mol. The van der Waals surface area contributed by atoms with Gasteiger partial charge in [-0.1, -0.05) is 18.2 Å². The second-order valence-electron chi connectivity index (χ2n) is 4.30. The zero-order valence-corrected chi connectivity index (χ0v) is 11.9. The van der Waals surface area contributed by atoms with Crippen molar-refractivity contribution in [1.29, 1.82) is 0 Å². The van der Waals surface area contributed by atoms with Gasteiger partial charge in [0.05, 0.1) is 10.8 Å². The van der Waals surface area contributed by atoms with Gasteiger partial charge in [-0.15, -0.1) is 23.1 Å². The van der Waals surface area contributed by atoms with Gasteiger partial charge in [0.15, 0.2) is 0 Å². The Labute approximate surface area is 115 Å². The number of hydrogen-bond acceptors (Lipinski definition) is 4. The maximum Gasteiger partial charge on any atom is 0.491 e. The molecule has 5 heteroatoms. The third-order valence-corrected chi connectivity index (χ3v) is 5.35. The molecule has 0 atom stereocenters. The van der Waals surface area contributed by atoms with E-state index in [0.29, 0.717) is 6.61 Å². The summed E-state index contributed by atoms with van der Waals surface area (Å²) >= 11 is 3.59. The van der Waals surface area contributed by atoms with Gasteiger partial charge in [-0.3, -0.25) is 0 Å². The van der Waals surface area contributed by atoms with E-state index < -0.39 is 7.12 Å². The highest BCUT2D eigenvalue weighted by molar-refractivity contribution is 8.00. The zero-order valence-electron chi connectivity index (χ0n) is 10.3. The van der Waals surface area contributed by atoms with E-state index in [4.69, 9.17) is 4.65 Å². The van der Waals surface area contributed by atoms with Crippen LogP contribution in [0.2, 0.25) is 0 Å². The fraction of sp³-hybridized carbons (Fsp3) is 0.231. The maximum absolute atomic E-state index is 9.76. The molecule has 92 valence electrons. The summed E-state index contributed by atoms with van der Waals surface area (Å²) in [5.74, 6) is 0. The lowest BCUT2D eigenvalue weighted by molar-refractivity contribution is 0.275. The Balaban J connectivity index is 2.18. The fourth-order valence-corrected chi connectivity index (χ4v) is 4.20. The Morgan fingerprint density at radius 3 is 3.00 bits per heavy atom. The van der Waals surface area contributed by atoms with Crippen LogP contribution in [0.1, 0.15) is 10.4 Å². The molecule has 1 aliphatic heterocycles. The van der Waals surface area contributed by atoms with Gasteiger partial charge in [-0.2, -0.15) is 0 Å². The van der Waals surface area contributed by atoms with Crippen LogP contribution >= 0.6 is 23.1 Å². The van der Waals surface area contributed by atoms with E-state index in [0.717, 1.165) is 11.0 Å². The molecule has 1 aromatic heterocycles. The fourth-order valence-electron chi connectivity index (χ4n) is 2.33. The van der Waals surface area contributed by atoms with Crippen LogP contribution in [-0.2, 0) is 11.3 Å². The van der Waals surface area contributed by atoms with Crippen LogP contribution in [0.4, 0.5) is 0 Å². The standard InChI is InChI=1S/C13H13BO2S2/c1-8-6-10(13(17-2)18-8)9-4-3-5-12-11(9)7-16-14(12)15/h3-6,15H,7H2,1-2H3. The summed E-state index contributed by atoms with van der Waals surface area (Å²) in [5.41, 5.74) is 4.49. The van der Waals surface area contributed by atoms with E-state index in [9.17, 15) is 5.02 Å². The minimum Gasteiger partial charge on any atom is -0.423 e. The molecule has 0 saturated carbocycles. The number of aryl methyl sites for hydroxylation is 1. The summed E-state index contributed by atoms with van der Waals surface area (Å²) < 4.78 is 6.64. The van der Waals surface area contributed by atoms with Crippen molar-refractivity contribution in [3.8, 4) is 11.1 Å². The molecule has 0 fully saturated rings. The molecular formula is C13H13BO2S2. The van der Waals surface area contributed by atoms with Gasteiger partial charge in [0.2, 0.25) is 0 Å². The molecule has 3 rings (SSSR count). The summed E-state index contributed by atoms with van der Waals surface area (Å²) in [7, 11) is -0.766. The van der Waals surface area contributed by atoms with E-state index in [1.54, 1.807) is 11.8 Å². The van der Waals surface area contributed by atoms with Gasteiger partial charge < -0.3 is 9.68 Å². The molecule has 0 spiro atoms. The van der Waals surface area contributed by atoms with Crippen molar-refractivity contribution in [3.63, 3.8) is 0 Å². The molecule has 1 aromatic carbocycles. The minimum absolute atomic E-state index is 0.495. The van der Waals surface area contributed by atoms with Crippen LogP contribution in [0.25, 0.3) is 11.1 Å². The van der Waals surface area contributed by atoms with Crippen LogP contribution in [-0.4, -0.2) is 18.4 Å². The van der Waals surface area contributed by atoms with E-state index >= 15 is 0 Å². The maximum atomic E-state index is 9.76. The monoisotopic (exact) mass is 276 g/mol. The molecule has 2 aromatic rings. The van der Waals surface area contributed by atoms with Gasteiger partial charge in [0, 0.05) is 10.4 Å². The minimum atomic E-state index is -0.766. The molecule has 0 bridgehead atoms. The van der Waals surface area contributed by atoms with Gasteiger partial charge in [-0.25, -0.2) is 0 Å². The summed E-state index contributed by atoms with van der Waals surface area (Å²) in [6.07, 6.45) is 2.10. The van der Waals surface area contributed by atoms with E-state index in [2.05, 4.69) is 25.3 Å². The Kier molecular flexibility index (Phi) is 3.24. The number of thioether (sulfide) groups is 1. The highest BCUT2D eigenvalue weighted by Gasteiger charge is 2.29. The molecule has 0 radical (unpaired) electrons. The number of thiophene rings is 1. The lowest BCUT2D eigenvalue weighted by atomic mass is 9.78. The van der Waals surface area contributed by atoms with Crippen LogP contribution in [0.5, 0.6) is 0 Å². The largest absolute Gasteiger partial charge is 0.491 e. The molecule has 2 heterocycles. The number of benzene rings is 1. The van der Waals surface area contributed by atoms with E-state index in [-0.39, 0.29) is 0 Å². The van der Waals surface area contributed by atoms with Crippen molar-refractivity contribution in [2.45, 2.75) is 17.7 Å². The zero-order chi connectivity index (χ0) is 12.7. The topological polar surface area (TPSA) is 29.5 Å². The third kappa shape index (κ3) is 1.91. The van der Waals surface area contributed by atoms with Crippen LogP contribution in [0.3, 0.4) is 0 Å². The molecule has 0 saturated heterocycles. The summed E-state index contributed by atoms with van der Waals surface area (Å²) in [5, 5.41) is 9.76. The summed E-state index contributed by atoms with van der Waals surface area (Å²) in [4.78, 5) is 1.31. The Hall–Kier alpha value is -0.745. The number of rotatable bonds is 2. The quantitative estimate of drug-likeness (QED) is 0.675. The Morgan fingerprint density at radius 2 is 2.22 bits per heavy atom. The van der Waals surface area contributed by atoms with Gasteiger partial charge in [0.1, 0.15) is 0 Å². The van der Waals surface area contributed by atoms with Crippen LogP contribution in [0, 0.1) is 6.92 Å². The average molecular weight is 276 g/mol. The lowest BCUT2D eigenvalue weighted by Crippen LogP contribution is -2.27. The van der Waals surface area contributed by atoms with Gasteiger partial charge >= 0.3 is 7.12 Å². The highest BCUT2D eigenvalue weighted by atomic mass is 32.2. The van der Waals surface area contributed by atoms with E-state index in [1.807, 2.05) is 23.5 Å². The third-order valence-electron chi connectivity index (χ3n) is 3.16. The van der Waals surface area contributed by atoms with Gasteiger partial charge in [-0.05, 0) is 35.8 Å². The Bertz CT molecular complexity index is 595. The molecule has 0 aliphatic carbocycles. The molecule has 1 N–H and O–H groups in total. The van der Waals surface area contributed by atoms with Crippen molar-refractivity contribution >= 4 is 35.7 Å². The lowest BCUT2D eigenvalue weighted by Gasteiger charge is -2.07. The normalized spacial score (nSPS) is 14.1. The van der Waals surface area contributed by atoms with Crippen molar-refractivity contribution in [3.05, 3.63) is 34.7 Å². The van der Waals surface area contributed by atoms with Crippen molar-refractivity contribution in [2.75, 3.05) is 6.26 Å². The summed E-state index contributed by atoms with van der Waals surface area (Å²) in [6, 6.07) is 8.26. The SMILES string of the molecule is CSc1sc(C)cc1-c1cccc2c1COB2O. The molecule has 0 amide bonds. The highest BCUT2D eigenvalue weighted by Crippen LogP contribution is 2.39. The smallest absolute Gasteiger partial charge is 0.423 e. The second-order valence-corrected chi connectivity index (χ2v) is 6.63. The number of fused-ring (bicyclic) bond motifs is 1. The molecule has 1 aliphatic rings. The van der Waals surface area contributed by atoms with Crippen LogP contribution in [0.15, 0.2) is 28.5 Å². The first-order chi connectivity index (χ1) is 8.70. The molecule has 18 heavy (non-hydrogen) atoms. The number of hydrogen-bond donors (Lipinski definition) is 1. The Morgan fingerprint density at radius 1 is 1.39 bits per heavy atom. The van der Waals surface area contributed by atoms with Crippen molar-refractivity contribution in [1.82, 2.24) is 0 Å². The average Bonchev–Trinajstić information content (AvgIpc) is 2.93. The first kappa shape index (κ1) is 12.3. The predicted octanol–water partition coefficient (Wildman–Crippen LogP) is 2.66. The molecule has 0 unspecified atom stereocenters. The molecular weight excluding hydrogens is 263 g/mol. The second kappa shape index (κ2) is 4.74. The van der Waals surface area contributed by atoms with Crippen molar-refractivity contribution < 1.29 is 9.68 Å². The first-order valence-corrected chi connectivity index (χ1v) is 7.81.